The van der Waals surface area contributed by atoms with Crippen LogP contribution in [0.2, 0.25) is 25.7 Å². The van der Waals surface area contributed by atoms with E-state index in [0.717, 1.165) is 47.6 Å². The molecule has 262 valence electrons. The predicted molar refractivity (Wildman–Crippen MR) is 196 cm³/mol. The van der Waals surface area contributed by atoms with Gasteiger partial charge in [0, 0.05) is 26.2 Å². The Kier molecular flexibility index (Phi) is 16.5. The summed E-state index contributed by atoms with van der Waals surface area (Å²) in [6.07, 6.45) is 8.43. The molecule has 0 aromatic heterocycles. The van der Waals surface area contributed by atoms with Gasteiger partial charge in [-0.15, -0.1) is 0 Å². The van der Waals surface area contributed by atoms with Crippen LogP contribution in [-0.4, -0.2) is 62.3 Å². The molecule has 0 spiro atoms. The molecule has 0 aliphatic heterocycles. The zero-order chi connectivity index (χ0) is 34.9. The van der Waals surface area contributed by atoms with Gasteiger partial charge < -0.3 is 19.5 Å². The minimum absolute atomic E-state index is 0.105. The molecular weight excluding hydrogens is 643 g/mol. The van der Waals surface area contributed by atoms with Gasteiger partial charge in [-0.3, -0.25) is 9.59 Å². The van der Waals surface area contributed by atoms with Crippen LogP contribution in [0.1, 0.15) is 82.3 Å². The molecule has 1 amide bonds. The summed E-state index contributed by atoms with van der Waals surface area (Å²) in [6.45, 7) is 10.7. The molecule has 0 unspecified atom stereocenters. The van der Waals surface area contributed by atoms with Gasteiger partial charge in [0.15, 0.2) is 5.12 Å². The van der Waals surface area contributed by atoms with Crippen molar-refractivity contribution in [3.8, 4) is 11.1 Å². The van der Waals surface area contributed by atoms with Crippen LogP contribution in [0.25, 0.3) is 11.1 Å². The van der Waals surface area contributed by atoms with Crippen molar-refractivity contribution in [1.82, 2.24) is 5.32 Å². The van der Waals surface area contributed by atoms with Gasteiger partial charge in [-0.05, 0) is 54.1 Å². The van der Waals surface area contributed by atoms with Crippen molar-refractivity contribution < 1.29 is 33.4 Å². The van der Waals surface area contributed by atoms with E-state index in [4.69, 9.17) is 14.2 Å². The maximum atomic E-state index is 13.0. The number of hydrogen-bond acceptors (Lipinski definition) is 8. The molecule has 0 bridgehead atoms. The summed E-state index contributed by atoms with van der Waals surface area (Å²) in [4.78, 5) is 50.6. The van der Waals surface area contributed by atoms with Crippen LogP contribution in [-0.2, 0) is 28.6 Å². The number of fused-ring (bicyclic) bond motifs is 3. The first-order valence-corrected chi connectivity index (χ1v) is 22.0. The Hall–Kier alpha value is -3.37. The Labute approximate surface area is 291 Å². The fourth-order valence-electron chi connectivity index (χ4n) is 5.40. The van der Waals surface area contributed by atoms with Gasteiger partial charge in [0.25, 0.3) is 0 Å². The number of nitrogens with one attached hydrogen (secondary N) is 1. The average molecular weight is 696 g/mol. The van der Waals surface area contributed by atoms with E-state index in [-0.39, 0.29) is 24.1 Å². The maximum absolute atomic E-state index is 13.0. The van der Waals surface area contributed by atoms with Crippen molar-refractivity contribution in [3.05, 3.63) is 71.8 Å². The standard InChI is InChI=1S/C38H53NO7SSi/c1-6-7-8-9-10-22-36(41)47-24-16-15-17-29(26-35(40)44-23-25-48(3,4)5)46-37(42)28(2)39-38(43)45-27-34-32-20-13-11-18-30(32)31-19-12-14-21-33(31)34/h11-15,17-21,28-29,34H,6-10,16,22-27H2,1-5H3,(H,39,43)/b17-15+/t28-,29+/m0/s1. The quantitative estimate of drug-likeness (QED) is 0.0482. The minimum atomic E-state index is -1.38. The van der Waals surface area contributed by atoms with Crippen molar-refractivity contribution in [2.45, 2.75) is 109 Å². The summed E-state index contributed by atoms with van der Waals surface area (Å²) in [5.74, 6) is -0.655. The first-order valence-electron chi connectivity index (χ1n) is 17.3. The summed E-state index contributed by atoms with van der Waals surface area (Å²) in [5.41, 5.74) is 4.44. The number of unbranched alkanes of at least 4 members (excludes halogenated alkanes) is 4. The van der Waals surface area contributed by atoms with Crippen LogP contribution in [0.5, 0.6) is 0 Å². The van der Waals surface area contributed by atoms with Crippen molar-refractivity contribution in [3.63, 3.8) is 0 Å². The molecule has 2 aromatic rings. The first-order chi connectivity index (χ1) is 23.0. The molecule has 0 radical (unpaired) electrons. The number of benzene rings is 2. The number of esters is 2. The number of hydrogen-bond donors (Lipinski definition) is 1. The number of thioether (sulfide) groups is 1. The van der Waals surface area contributed by atoms with Crippen molar-refractivity contribution in [1.29, 1.82) is 0 Å². The number of allylic oxidation sites excluding steroid dienone is 1. The summed E-state index contributed by atoms with van der Waals surface area (Å²) < 4.78 is 16.7. The number of alkyl carbamates (subject to hydrolysis) is 1. The van der Waals surface area contributed by atoms with E-state index in [1.807, 2.05) is 42.5 Å². The molecule has 1 aliphatic rings. The summed E-state index contributed by atoms with van der Waals surface area (Å²) in [6, 6.07) is 16.0. The largest absolute Gasteiger partial charge is 0.466 e. The molecule has 2 atom stereocenters. The summed E-state index contributed by atoms with van der Waals surface area (Å²) >= 11 is 1.30. The molecule has 0 saturated heterocycles. The van der Waals surface area contributed by atoms with Crippen molar-refractivity contribution in [2.75, 3.05) is 19.0 Å². The lowest BCUT2D eigenvalue weighted by molar-refractivity contribution is -0.153. The van der Waals surface area contributed by atoms with Crippen LogP contribution in [0.4, 0.5) is 4.79 Å². The topological polar surface area (TPSA) is 108 Å². The van der Waals surface area contributed by atoms with E-state index in [9.17, 15) is 19.2 Å². The lowest BCUT2D eigenvalue weighted by Gasteiger charge is -2.20. The van der Waals surface area contributed by atoms with Crippen molar-refractivity contribution in [2.24, 2.45) is 0 Å². The average Bonchev–Trinajstić information content (AvgIpc) is 3.36. The van der Waals surface area contributed by atoms with E-state index in [0.29, 0.717) is 25.2 Å². The van der Waals surface area contributed by atoms with Crippen LogP contribution in [0.3, 0.4) is 0 Å². The summed E-state index contributed by atoms with van der Waals surface area (Å²) in [7, 11) is -1.38. The normalized spacial score (nSPS) is 13.8. The second-order valence-electron chi connectivity index (χ2n) is 13.5. The van der Waals surface area contributed by atoms with Gasteiger partial charge in [-0.2, -0.15) is 0 Å². The SMILES string of the molecule is CCCCCCCC(=O)SCC/C=C/[C@H](CC(=O)OCC[Si](C)(C)C)OC(=O)[C@H](C)NC(=O)OCC1c2ccccc2-c2ccccc21. The predicted octanol–water partition coefficient (Wildman–Crippen LogP) is 8.66. The van der Waals surface area contributed by atoms with E-state index in [1.54, 1.807) is 6.08 Å². The van der Waals surface area contributed by atoms with Crippen LogP contribution < -0.4 is 5.32 Å². The molecule has 0 heterocycles. The third kappa shape index (κ3) is 13.6. The molecule has 3 rings (SSSR count). The number of carbonyl (C=O) groups is 4. The van der Waals surface area contributed by atoms with Crippen LogP contribution in [0.15, 0.2) is 60.7 Å². The van der Waals surface area contributed by atoms with Gasteiger partial charge in [-0.1, -0.05) is 119 Å². The highest BCUT2D eigenvalue weighted by atomic mass is 32.2. The van der Waals surface area contributed by atoms with E-state index in [2.05, 4.69) is 44.0 Å². The Morgan fingerprint density at radius 3 is 2.21 bits per heavy atom. The molecule has 2 aromatic carbocycles. The number of amides is 1. The van der Waals surface area contributed by atoms with Crippen molar-refractivity contribution >= 4 is 43.0 Å². The molecule has 8 nitrogen and oxygen atoms in total. The molecule has 1 N–H and O–H groups in total. The Morgan fingerprint density at radius 2 is 1.56 bits per heavy atom. The highest BCUT2D eigenvalue weighted by Crippen LogP contribution is 2.44. The van der Waals surface area contributed by atoms with E-state index in [1.165, 1.54) is 31.5 Å². The second-order valence-corrected chi connectivity index (χ2v) is 20.3. The Morgan fingerprint density at radius 1 is 0.917 bits per heavy atom. The third-order valence-electron chi connectivity index (χ3n) is 8.16. The highest BCUT2D eigenvalue weighted by molar-refractivity contribution is 8.13. The smallest absolute Gasteiger partial charge is 0.407 e. The minimum Gasteiger partial charge on any atom is -0.466 e. The maximum Gasteiger partial charge on any atom is 0.407 e. The van der Waals surface area contributed by atoms with Crippen LogP contribution in [0, 0.1) is 0 Å². The Balaban J connectivity index is 1.50. The van der Waals surface area contributed by atoms with Crippen LogP contribution >= 0.6 is 11.8 Å². The molecule has 0 fully saturated rings. The molecule has 48 heavy (non-hydrogen) atoms. The van der Waals surface area contributed by atoms with E-state index < -0.39 is 38.3 Å². The van der Waals surface area contributed by atoms with E-state index >= 15 is 0 Å². The zero-order valence-electron chi connectivity index (χ0n) is 29.3. The van der Waals surface area contributed by atoms with Gasteiger partial charge in [-0.25, -0.2) is 9.59 Å². The fraction of sp³-hybridized carbons (Fsp3) is 0.526. The van der Waals surface area contributed by atoms with Gasteiger partial charge >= 0.3 is 18.0 Å². The fourth-order valence-corrected chi connectivity index (χ4v) is 6.89. The second kappa shape index (κ2) is 20.2. The molecular formula is C38H53NO7SSi. The number of ether oxygens (including phenoxy) is 3. The first kappa shape index (κ1) is 39.1. The number of rotatable bonds is 20. The van der Waals surface area contributed by atoms with Gasteiger partial charge in [0.2, 0.25) is 0 Å². The molecule has 10 heteroatoms. The van der Waals surface area contributed by atoms with Gasteiger partial charge in [0.1, 0.15) is 18.8 Å². The monoisotopic (exact) mass is 695 g/mol. The van der Waals surface area contributed by atoms with Gasteiger partial charge in [0.05, 0.1) is 13.0 Å². The third-order valence-corrected chi connectivity index (χ3v) is 10.8. The highest BCUT2D eigenvalue weighted by Gasteiger charge is 2.30. The lowest BCUT2D eigenvalue weighted by atomic mass is 9.98. The lowest BCUT2D eigenvalue weighted by Crippen LogP contribution is -2.41. The molecule has 1 aliphatic carbocycles. The summed E-state index contributed by atoms with van der Waals surface area (Å²) in [5, 5.41) is 2.75. The zero-order valence-corrected chi connectivity index (χ0v) is 31.1. The number of carbonyl (C=O) groups excluding carboxylic acids is 4. The Bertz CT molecular complexity index is 1340. The molecule has 0 saturated carbocycles.